The zero-order chi connectivity index (χ0) is 20.0. The molecule has 0 radical (unpaired) electrons. The van der Waals surface area contributed by atoms with Crippen molar-refractivity contribution in [3.05, 3.63) is 0 Å². The lowest BCUT2D eigenvalue weighted by Crippen LogP contribution is -2.47. The molecule has 1 N–H and O–H groups in total. The Morgan fingerprint density at radius 3 is 2.46 bits per heavy atom. The van der Waals surface area contributed by atoms with Crippen molar-refractivity contribution in [3.63, 3.8) is 0 Å². The van der Waals surface area contributed by atoms with Gasteiger partial charge >= 0.3 is 0 Å². The smallest absolute Gasteiger partial charge is 0.193 e. The number of hydrogen-bond donors (Lipinski definition) is 1. The van der Waals surface area contributed by atoms with E-state index in [-0.39, 0.29) is 0 Å². The molecule has 28 heavy (non-hydrogen) atoms. The van der Waals surface area contributed by atoms with Crippen molar-refractivity contribution in [1.29, 1.82) is 0 Å². The minimum atomic E-state index is 0.321. The molecule has 2 heterocycles. The highest BCUT2D eigenvalue weighted by Gasteiger charge is 2.23. The SMILES string of the molecule is CCCN(CCC)CCCNC(=NC)N1CCC(OCC2CCCCO2)CC1. The van der Waals surface area contributed by atoms with Crippen LogP contribution in [0.1, 0.15) is 65.2 Å². The first kappa shape index (κ1) is 23.4. The third-order valence-electron chi connectivity index (χ3n) is 5.76. The van der Waals surface area contributed by atoms with E-state index in [1.165, 1.54) is 51.7 Å². The van der Waals surface area contributed by atoms with Gasteiger partial charge in [0.25, 0.3) is 0 Å². The summed E-state index contributed by atoms with van der Waals surface area (Å²) in [6.45, 7) is 12.8. The molecule has 0 aromatic rings. The van der Waals surface area contributed by atoms with Crippen LogP contribution < -0.4 is 5.32 Å². The summed E-state index contributed by atoms with van der Waals surface area (Å²) in [6.07, 6.45) is 10.1. The van der Waals surface area contributed by atoms with Crippen LogP contribution in [0.5, 0.6) is 0 Å². The zero-order valence-electron chi connectivity index (χ0n) is 18.6. The molecule has 0 aromatic carbocycles. The number of hydrogen-bond acceptors (Lipinski definition) is 4. The minimum absolute atomic E-state index is 0.321. The summed E-state index contributed by atoms with van der Waals surface area (Å²) < 4.78 is 11.9. The number of ether oxygens (including phenoxy) is 2. The van der Waals surface area contributed by atoms with Crippen LogP contribution >= 0.6 is 0 Å². The minimum Gasteiger partial charge on any atom is -0.376 e. The summed E-state index contributed by atoms with van der Waals surface area (Å²) in [5.74, 6) is 1.05. The molecule has 0 amide bonds. The van der Waals surface area contributed by atoms with Gasteiger partial charge in [-0.15, -0.1) is 0 Å². The van der Waals surface area contributed by atoms with E-state index in [1.807, 2.05) is 7.05 Å². The second-order valence-corrected chi connectivity index (χ2v) is 8.18. The van der Waals surface area contributed by atoms with Crippen molar-refractivity contribution in [2.24, 2.45) is 4.99 Å². The number of guanidine groups is 1. The first-order chi connectivity index (χ1) is 13.8. The number of rotatable bonds is 11. The van der Waals surface area contributed by atoms with Gasteiger partial charge in [0.2, 0.25) is 0 Å². The average molecular weight is 397 g/mol. The van der Waals surface area contributed by atoms with E-state index in [1.54, 1.807) is 0 Å². The van der Waals surface area contributed by atoms with E-state index in [2.05, 4.69) is 34.0 Å². The molecule has 2 saturated heterocycles. The lowest BCUT2D eigenvalue weighted by molar-refractivity contribution is -0.0721. The zero-order valence-corrected chi connectivity index (χ0v) is 18.6. The predicted molar refractivity (Wildman–Crippen MR) is 117 cm³/mol. The maximum atomic E-state index is 6.14. The summed E-state index contributed by atoms with van der Waals surface area (Å²) in [4.78, 5) is 9.46. The summed E-state index contributed by atoms with van der Waals surface area (Å²) in [5.41, 5.74) is 0. The Bertz CT molecular complexity index is 413. The molecular formula is C22H44N4O2. The first-order valence-corrected chi connectivity index (χ1v) is 11.7. The third kappa shape index (κ3) is 8.66. The van der Waals surface area contributed by atoms with Crippen molar-refractivity contribution in [2.45, 2.75) is 77.4 Å². The number of nitrogens with one attached hydrogen (secondary N) is 1. The average Bonchev–Trinajstić information content (AvgIpc) is 2.74. The first-order valence-electron chi connectivity index (χ1n) is 11.7. The molecule has 0 spiro atoms. The van der Waals surface area contributed by atoms with E-state index < -0.39 is 0 Å². The van der Waals surface area contributed by atoms with Gasteiger partial charge in [0.1, 0.15) is 0 Å². The molecule has 0 bridgehead atoms. The van der Waals surface area contributed by atoms with Crippen LogP contribution in [0, 0.1) is 0 Å². The Balaban J connectivity index is 1.60. The maximum absolute atomic E-state index is 6.14. The number of nitrogens with zero attached hydrogens (tertiary/aromatic N) is 3. The summed E-state index contributed by atoms with van der Waals surface area (Å²) in [5, 5.41) is 3.57. The molecule has 6 heteroatoms. The van der Waals surface area contributed by atoms with Crippen LogP contribution in [0.3, 0.4) is 0 Å². The van der Waals surface area contributed by atoms with Gasteiger partial charge in [-0.3, -0.25) is 4.99 Å². The number of likely N-dealkylation sites (tertiary alicyclic amines) is 1. The van der Waals surface area contributed by atoms with Gasteiger partial charge < -0.3 is 24.6 Å². The fourth-order valence-electron chi connectivity index (χ4n) is 4.22. The molecule has 1 atom stereocenters. The van der Waals surface area contributed by atoms with Gasteiger partial charge in [0.15, 0.2) is 5.96 Å². The molecule has 1 unspecified atom stereocenters. The summed E-state index contributed by atoms with van der Waals surface area (Å²) >= 11 is 0. The lowest BCUT2D eigenvalue weighted by Gasteiger charge is -2.35. The van der Waals surface area contributed by atoms with E-state index >= 15 is 0 Å². The van der Waals surface area contributed by atoms with Gasteiger partial charge in [0.05, 0.1) is 18.8 Å². The largest absolute Gasteiger partial charge is 0.376 e. The standard InChI is InChI=1S/C22H44N4O2/c1-4-13-25(14-5-2)15-8-12-24-22(23-3)26-16-10-20(11-17-26)28-19-21-9-6-7-18-27-21/h20-21H,4-19H2,1-3H3,(H,23,24). The third-order valence-corrected chi connectivity index (χ3v) is 5.76. The second-order valence-electron chi connectivity index (χ2n) is 8.18. The van der Waals surface area contributed by atoms with Crippen LogP contribution in [0.2, 0.25) is 0 Å². The highest BCUT2D eigenvalue weighted by Crippen LogP contribution is 2.17. The molecule has 2 rings (SSSR count). The van der Waals surface area contributed by atoms with Crippen LogP contribution in [-0.2, 0) is 9.47 Å². The Morgan fingerprint density at radius 1 is 1.11 bits per heavy atom. The van der Waals surface area contributed by atoms with Crippen molar-refractivity contribution in [3.8, 4) is 0 Å². The molecule has 6 nitrogen and oxygen atoms in total. The summed E-state index contributed by atoms with van der Waals surface area (Å²) in [7, 11) is 1.89. The Kier molecular flexibility index (Phi) is 11.9. The molecule has 2 aliphatic heterocycles. The van der Waals surface area contributed by atoms with Crippen molar-refractivity contribution in [1.82, 2.24) is 15.1 Å². The molecular weight excluding hydrogens is 352 g/mol. The van der Waals surface area contributed by atoms with Gasteiger partial charge in [-0.1, -0.05) is 13.8 Å². The van der Waals surface area contributed by atoms with Gasteiger partial charge in [-0.2, -0.15) is 0 Å². The predicted octanol–water partition coefficient (Wildman–Crippen LogP) is 3.12. The van der Waals surface area contributed by atoms with Gasteiger partial charge in [0, 0.05) is 33.3 Å². The normalized spacial score (nSPS) is 22.1. The molecule has 0 aliphatic carbocycles. The molecule has 2 fully saturated rings. The maximum Gasteiger partial charge on any atom is 0.193 e. The number of aliphatic imine (C=N–C) groups is 1. The Labute approximate surface area is 173 Å². The second kappa shape index (κ2) is 14.2. The van der Waals surface area contributed by atoms with E-state index in [0.29, 0.717) is 12.2 Å². The van der Waals surface area contributed by atoms with E-state index in [4.69, 9.17) is 9.47 Å². The molecule has 2 aliphatic rings. The highest BCUT2D eigenvalue weighted by molar-refractivity contribution is 5.79. The highest BCUT2D eigenvalue weighted by atomic mass is 16.5. The van der Waals surface area contributed by atoms with E-state index in [9.17, 15) is 0 Å². The Hall–Kier alpha value is -0.850. The monoisotopic (exact) mass is 396 g/mol. The van der Waals surface area contributed by atoms with Crippen LogP contribution in [0.15, 0.2) is 4.99 Å². The Morgan fingerprint density at radius 2 is 1.86 bits per heavy atom. The fraction of sp³-hybridized carbons (Fsp3) is 0.955. The van der Waals surface area contributed by atoms with Gasteiger partial charge in [-0.05, 0) is 71.0 Å². The lowest BCUT2D eigenvalue weighted by atomic mass is 10.1. The summed E-state index contributed by atoms with van der Waals surface area (Å²) in [6, 6.07) is 0. The molecule has 0 aromatic heterocycles. The topological polar surface area (TPSA) is 49.3 Å². The molecule has 164 valence electrons. The van der Waals surface area contributed by atoms with Gasteiger partial charge in [-0.25, -0.2) is 0 Å². The van der Waals surface area contributed by atoms with Crippen molar-refractivity contribution >= 4 is 5.96 Å². The van der Waals surface area contributed by atoms with Crippen LogP contribution in [-0.4, -0.2) is 87.5 Å². The van der Waals surface area contributed by atoms with Crippen molar-refractivity contribution < 1.29 is 9.47 Å². The molecule has 0 saturated carbocycles. The van der Waals surface area contributed by atoms with Crippen LogP contribution in [0.25, 0.3) is 0 Å². The fourth-order valence-corrected chi connectivity index (χ4v) is 4.22. The quantitative estimate of drug-likeness (QED) is 0.330. The van der Waals surface area contributed by atoms with Crippen LogP contribution in [0.4, 0.5) is 0 Å². The van der Waals surface area contributed by atoms with E-state index in [0.717, 1.165) is 58.1 Å². The number of piperidine rings is 1. The van der Waals surface area contributed by atoms with Crippen molar-refractivity contribution in [2.75, 3.05) is 59.5 Å².